The highest BCUT2D eigenvalue weighted by Crippen LogP contribution is 2.27. The molecule has 1 aromatic carbocycles. The molecule has 3 nitrogen and oxygen atoms in total. The van der Waals surface area contributed by atoms with Gasteiger partial charge in [-0.1, -0.05) is 30.3 Å². The van der Waals surface area contributed by atoms with Crippen LogP contribution in [0.15, 0.2) is 54.9 Å². The van der Waals surface area contributed by atoms with Gasteiger partial charge in [0.25, 0.3) is 0 Å². The van der Waals surface area contributed by atoms with Crippen molar-refractivity contribution in [3.05, 3.63) is 66.0 Å². The summed E-state index contributed by atoms with van der Waals surface area (Å²) in [5.74, 6) is 0. The molecular weight excluding hydrogens is 272 g/mol. The van der Waals surface area contributed by atoms with Gasteiger partial charge in [0.2, 0.25) is 0 Å². The zero-order chi connectivity index (χ0) is 15.2. The molecule has 2 aromatic rings. The van der Waals surface area contributed by atoms with Crippen molar-refractivity contribution in [2.24, 2.45) is 0 Å². The summed E-state index contributed by atoms with van der Waals surface area (Å²) in [6.45, 7) is 2.22. The van der Waals surface area contributed by atoms with Crippen LogP contribution >= 0.6 is 0 Å². The van der Waals surface area contributed by atoms with E-state index in [1.807, 2.05) is 42.7 Å². The molecule has 0 radical (unpaired) electrons. The number of hydrogen-bond donors (Lipinski definition) is 1. The van der Waals surface area contributed by atoms with E-state index in [0.717, 1.165) is 31.5 Å². The van der Waals surface area contributed by atoms with Crippen LogP contribution in [-0.2, 0) is 6.42 Å². The molecule has 2 atom stereocenters. The predicted octanol–water partition coefficient (Wildman–Crippen LogP) is 3.21. The van der Waals surface area contributed by atoms with Crippen LogP contribution in [0.5, 0.6) is 0 Å². The van der Waals surface area contributed by atoms with Gasteiger partial charge in [0, 0.05) is 25.0 Å². The summed E-state index contributed by atoms with van der Waals surface area (Å²) in [4.78, 5) is 6.60. The lowest BCUT2D eigenvalue weighted by atomic mass is 10.0. The van der Waals surface area contributed by atoms with Crippen LogP contribution in [0.2, 0.25) is 0 Å². The second-order valence-electron chi connectivity index (χ2n) is 6.10. The Labute approximate surface area is 132 Å². The van der Waals surface area contributed by atoms with Crippen LogP contribution in [0.4, 0.5) is 0 Å². The first-order valence-electron chi connectivity index (χ1n) is 8.19. The quantitative estimate of drug-likeness (QED) is 0.889. The summed E-state index contributed by atoms with van der Waals surface area (Å²) in [5, 5.41) is 10.4. The van der Waals surface area contributed by atoms with Crippen LogP contribution in [0.3, 0.4) is 0 Å². The van der Waals surface area contributed by atoms with Gasteiger partial charge < -0.3 is 5.11 Å². The summed E-state index contributed by atoms with van der Waals surface area (Å²) < 4.78 is 0. The van der Waals surface area contributed by atoms with Gasteiger partial charge in [-0.3, -0.25) is 9.88 Å². The van der Waals surface area contributed by atoms with Crippen molar-refractivity contribution in [3.8, 4) is 0 Å². The Morgan fingerprint density at radius 1 is 1.14 bits per heavy atom. The highest BCUT2D eigenvalue weighted by Gasteiger charge is 2.26. The van der Waals surface area contributed by atoms with Gasteiger partial charge in [0.15, 0.2) is 0 Å². The zero-order valence-corrected chi connectivity index (χ0v) is 12.9. The Morgan fingerprint density at radius 2 is 1.91 bits per heavy atom. The monoisotopic (exact) mass is 296 g/mol. The Hall–Kier alpha value is -1.71. The number of aliphatic hydroxyl groups excluding tert-OH is 1. The molecule has 116 valence electrons. The Balaban J connectivity index is 1.54. The smallest absolute Gasteiger partial charge is 0.0805 e. The molecule has 1 N–H and O–H groups in total. The molecule has 0 spiro atoms. The van der Waals surface area contributed by atoms with E-state index in [4.69, 9.17) is 0 Å². The minimum atomic E-state index is -0.354. The third-order valence-corrected chi connectivity index (χ3v) is 4.62. The number of nitrogens with zero attached hydrogens (tertiary/aromatic N) is 2. The number of aliphatic hydroxyl groups is 1. The van der Waals surface area contributed by atoms with E-state index in [-0.39, 0.29) is 6.10 Å². The van der Waals surface area contributed by atoms with Gasteiger partial charge in [0.1, 0.15) is 0 Å². The highest BCUT2D eigenvalue weighted by atomic mass is 16.3. The molecule has 0 bridgehead atoms. The summed E-state index contributed by atoms with van der Waals surface area (Å²) in [6, 6.07) is 14.7. The molecule has 22 heavy (non-hydrogen) atoms. The van der Waals surface area contributed by atoms with Crippen molar-refractivity contribution in [1.29, 1.82) is 0 Å². The zero-order valence-electron chi connectivity index (χ0n) is 12.9. The average molecular weight is 296 g/mol. The lowest BCUT2D eigenvalue weighted by Gasteiger charge is -2.26. The fourth-order valence-corrected chi connectivity index (χ4v) is 3.35. The van der Waals surface area contributed by atoms with E-state index < -0.39 is 0 Å². The predicted molar refractivity (Wildman–Crippen MR) is 88.6 cm³/mol. The Bertz CT molecular complexity index is 558. The van der Waals surface area contributed by atoms with Crippen molar-refractivity contribution in [1.82, 2.24) is 9.88 Å². The van der Waals surface area contributed by atoms with Gasteiger partial charge in [-0.15, -0.1) is 0 Å². The maximum Gasteiger partial charge on any atom is 0.0805 e. The van der Waals surface area contributed by atoms with E-state index in [1.165, 1.54) is 18.4 Å². The molecule has 0 aliphatic carbocycles. The lowest BCUT2D eigenvalue weighted by Crippen LogP contribution is -2.32. The van der Waals surface area contributed by atoms with E-state index in [9.17, 15) is 5.11 Å². The van der Waals surface area contributed by atoms with Gasteiger partial charge in [-0.2, -0.15) is 0 Å². The number of likely N-dealkylation sites (tertiary alicyclic amines) is 1. The van der Waals surface area contributed by atoms with E-state index >= 15 is 0 Å². The van der Waals surface area contributed by atoms with Crippen molar-refractivity contribution in [3.63, 3.8) is 0 Å². The van der Waals surface area contributed by atoms with Crippen molar-refractivity contribution in [2.45, 2.75) is 37.8 Å². The largest absolute Gasteiger partial charge is 0.388 e. The molecule has 1 fully saturated rings. The molecule has 2 heterocycles. The third kappa shape index (κ3) is 3.93. The fourth-order valence-electron chi connectivity index (χ4n) is 3.35. The van der Waals surface area contributed by atoms with Crippen LogP contribution in [0.25, 0.3) is 0 Å². The molecule has 1 aliphatic heterocycles. The van der Waals surface area contributed by atoms with Crippen LogP contribution in [0, 0.1) is 0 Å². The van der Waals surface area contributed by atoms with Gasteiger partial charge in [-0.25, -0.2) is 0 Å². The molecule has 0 amide bonds. The van der Waals surface area contributed by atoms with Gasteiger partial charge in [0.05, 0.1) is 6.10 Å². The van der Waals surface area contributed by atoms with Gasteiger partial charge in [-0.05, 0) is 55.5 Å². The Morgan fingerprint density at radius 3 is 2.68 bits per heavy atom. The SMILES string of the molecule is O[C@H](C[C@H]1CCCN1CCc1ccncc1)c1ccccc1. The second kappa shape index (κ2) is 7.52. The average Bonchev–Trinajstić information content (AvgIpc) is 3.02. The van der Waals surface area contributed by atoms with Crippen LogP contribution < -0.4 is 0 Å². The maximum atomic E-state index is 10.4. The van der Waals surface area contributed by atoms with E-state index in [2.05, 4.69) is 22.0 Å². The molecule has 0 unspecified atom stereocenters. The molecular formula is C19H24N2O. The fraction of sp³-hybridized carbons (Fsp3) is 0.421. The summed E-state index contributed by atoms with van der Waals surface area (Å²) >= 11 is 0. The molecule has 0 saturated carbocycles. The molecule has 3 rings (SSSR count). The van der Waals surface area contributed by atoms with E-state index in [0.29, 0.717) is 6.04 Å². The van der Waals surface area contributed by atoms with E-state index in [1.54, 1.807) is 0 Å². The summed E-state index contributed by atoms with van der Waals surface area (Å²) in [5.41, 5.74) is 2.37. The third-order valence-electron chi connectivity index (χ3n) is 4.62. The van der Waals surface area contributed by atoms with Crippen molar-refractivity contribution in [2.75, 3.05) is 13.1 Å². The van der Waals surface area contributed by atoms with Crippen LogP contribution in [0.1, 0.15) is 36.5 Å². The summed E-state index contributed by atoms with van der Waals surface area (Å²) in [7, 11) is 0. The van der Waals surface area contributed by atoms with Gasteiger partial charge >= 0.3 is 0 Å². The molecule has 1 aromatic heterocycles. The van der Waals surface area contributed by atoms with Crippen molar-refractivity contribution < 1.29 is 5.11 Å². The number of rotatable bonds is 6. The normalized spacial score (nSPS) is 20.1. The lowest BCUT2D eigenvalue weighted by molar-refractivity contribution is 0.121. The first-order valence-corrected chi connectivity index (χ1v) is 8.19. The highest BCUT2D eigenvalue weighted by molar-refractivity contribution is 5.17. The number of pyridine rings is 1. The molecule has 3 heteroatoms. The molecule has 1 saturated heterocycles. The maximum absolute atomic E-state index is 10.4. The molecule has 1 aliphatic rings. The number of aromatic nitrogens is 1. The second-order valence-corrected chi connectivity index (χ2v) is 6.10. The number of hydrogen-bond acceptors (Lipinski definition) is 3. The summed E-state index contributed by atoms with van der Waals surface area (Å²) in [6.07, 6.45) is 7.68. The Kier molecular flexibility index (Phi) is 5.20. The first-order chi connectivity index (χ1) is 10.8. The number of benzene rings is 1. The topological polar surface area (TPSA) is 36.4 Å². The van der Waals surface area contributed by atoms with Crippen LogP contribution in [-0.4, -0.2) is 34.1 Å². The van der Waals surface area contributed by atoms with Crippen molar-refractivity contribution >= 4 is 0 Å². The minimum Gasteiger partial charge on any atom is -0.388 e. The first kappa shape index (κ1) is 15.2. The standard InChI is InChI=1S/C19H24N2O/c22-19(17-5-2-1-3-6-17)15-18-7-4-13-21(18)14-10-16-8-11-20-12-9-16/h1-3,5-6,8-9,11-12,18-19,22H,4,7,10,13-15H2/t18-,19-/m1/s1. The minimum absolute atomic E-state index is 0.354.